The van der Waals surface area contributed by atoms with Crippen LogP contribution in [0.3, 0.4) is 0 Å². The maximum atomic E-state index is 11.8. The van der Waals surface area contributed by atoms with Crippen LogP contribution in [0.2, 0.25) is 0 Å². The van der Waals surface area contributed by atoms with E-state index >= 15 is 0 Å². The Hall–Kier alpha value is -2.62. The van der Waals surface area contributed by atoms with Crippen LogP contribution in [0.25, 0.3) is 0 Å². The number of phenols is 1. The number of hydrogen-bond acceptors (Lipinski definition) is 3. The third-order valence-electron chi connectivity index (χ3n) is 3.29. The molecule has 2 aromatic carbocycles. The summed E-state index contributed by atoms with van der Waals surface area (Å²) in [6, 6.07) is 14.1. The van der Waals surface area contributed by atoms with Gasteiger partial charge in [-0.1, -0.05) is 45.0 Å². The lowest BCUT2D eigenvalue weighted by Crippen LogP contribution is -2.17. The molecule has 0 fully saturated rings. The summed E-state index contributed by atoms with van der Waals surface area (Å²) >= 11 is 0. The van der Waals surface area contributed by atoms with Gasteiger partial charge in [0.05, 0.1) is 6.21 Å². The second-order valence-corrected chi connectivity index (χ2v) is 6.12. The van der Waals surface area contributed by atoms with E-state index in [0.29, 0.717) is 5.56 Å². The Balaban J connectivity index is 1.97. The van der Waals surface area contributed by atoms with Crippen LogP contribution in [0.5, 0.6) is 5.75 Å². The van der Waals surface area contributed by atoms with Crippen LogP contribution in [0, 0.1) is 0 Å². The zero-order valence-electron chi connectivity index (χ0n) is 13.0. The van der Waals surface area contributed by atoms with E-state index in [1.807, 2.05) is 12.1 Å². The van der Waals surface area contributed by atoms with E-state index in [9.17, 15) is 9.90 Å². The average Bonchev–Trinajstić information content (AvgIpc) is 2.47. The fraction of sp³-hybridized carbons (Fsp3) is 0.222. The van der Waals surface area contributed by atoms with Crippen LogP contribution < -0.4 is 5.43 Å². The van der Waals surface area contributed by atoms with Crippen molar-refractivity contribution >= 4 is 12.1 Å². The number of carbonyl (C=O) groups is 1. The van der Waals surface area contributed by atoms with E-state index in [4.69, 9.17) is 0 Å². The highest BCUT2D eigenvalue weighted by Crippen LogP contribution is 2.21. The van der Waals surface area contributed by atoms with Gasteiger partial charge in [0, 0.05) is 5.56 Å². The van der Waals surface area contributed by atoms with E-state index in [-0.39, 0.29) is 17.1 Å². The van der Waals surface area contributed by atoms with Gasteiger partial charge in [0.25, 0.3) is 5.91 Å². The number of nitrogens with one attached hydrogen (secondary N) is 1. The van der Waals surface area contributed by atoms with Gasteiger partial charge < -0.3 is 5.11 Å². The minimum atomic E-state index is -0.317. The zero-order valence-corrected chi connectivity index (χ0v) is 13.0. The van der Waals surface area contributed by atoms with Crippen molar-refractivity contribution in [2.24, 2.45) is 5.10 Å². The predicted octanol–water partition coefficient (Wildman–Crippen LogP) is 3.45. The molecule has 2 aromatic rings. The van der Waals surface area contributed by atoms with Crippen LogP contribution in [-0.4, -0.2) is 17.2 Å². The van der Waals surface area contributed by atoms with Crippen molar-refractivity contribution < 1.29 is 9.90 Å². The summed E-state index contributed by atoms with van der Waals surface area (Å²) < 4.78 is 0. The number of rotatable bonds is 3. The van der Waals surface area contributed by atoms with Gasteiger partial charge in [-0.15, -0.1) is 0 Å². The van der Waals surface area contributed by atoms with E-state index in [0.717, 1.165) is 5.56 Å². The molecule has 0 heterocycles. The van der Waals surface area contributed by atoms with Gasteiger partial charge in [0.1, 0.15) is 5.75 Å². The molecule has 0 unspecified atom stereocenters. The number of hydrogen-bond donors (Lipinski definition) is 2. The number of aromatic hydroxyl groups is 1. The Bertz CT molecular complexity index is 666. The summed E-state index contributed by atoms with van der Waals surface area (Å²) in [7, 11) is 0. The largest absolute Gasteiger partial charge is 0.508 e. The summed E-state index contributed by atoms with van der Waals surface area (Å²) in [6.07, 6.45) is 1.60. The van der Waals surface area contributed by atoms with Crippen LogP contribution >= 0.6 is 0 Å². The fourth-order valence-corrected chi connectivity index (χ4v) is 1.91. The van der Waals surface area contributed by atoms with Gasteiger partial charge in [-0.05, 0) is 40.8 Å². The number of phenolic OH excluding ortho intramolecular Hbond substituents is 1. The van der Waals surface area contributed by atoms with Gasteiger partial charge in [0.15, 0.2) is 0 Å². The quantitative estimate of drug-likeness (QED) is 0.673. The van der Waals surface area contributed by atoms with Crippen molar-refractivity contribution in [3.63, 3.8) is 0 Å². The first-order valence-corrected chi connectivity index (χ1v) is 7.09. The maximum Gasteiger partial charge on any atom is 0.271 e. The number of hydrazone groups is 1. The zero-order chi connectivity index (χ0) is 16.2. The van der Waals surface area contributed by atoms with E-state index in [1.165, 1.54) is 29.8 Å². The molecule has 0 aliphatic carbocycles. The molecule has 0 atom stereocenters. The first-order chi connectivity index (χ1) is 10.4. The monoisotopic (exact) mass is 296 g/mol. The Morgan fingerprint density at radius 2 is 1.64 bits per heavy atom. The molecule has 1 amide bonds. The highest BCUT2D eigenvalue weighted by molar-refractivity contribution is 5.94. The van der Waals surface area contributed by atoms with Crippen molar-refractivity contribution in [1.29, 1.82) is 0 Å². The van der Waals surface area contributed by atoms with E-state index in [2.05, 4.69) is 43.4 Å². The van der Waals surface area contributed by atoms with Crippen molar-refractivity contribution in [3.8, 4) is 5.75 Å². The summed E-state index contributed by atoms with van der Waals surface area (Å²) in [5.41, 5.74) is 5.18. The minimum absolute atomic E-state index is 0.114. The van der Waals surface area contributed by atoms with Crippen LogP contribution in [0.1, 0.15) is 42.3 Å². The molecular weight excluding hydrogens is 276 g/mol. The Labute approximate surface area is 130 Å². The predicted molar refractivity (Wildman–Crippen MR) is 88.3 cm³/mol. The van der Waals surface area contributed by atoms with E-state index < -0.39 is 0 Å². The SMILES string of the molecule is CC(C)(C)c1ccc(/C=N/NC(=O)c2ccc(O)cc2)cc1. The van der Waals surface area contributed by atoms with E-state index in [1.54, 1.807) is 6.21 Å². The van der Waals surface area contributed by atoms with Gasteiger partial charge in [0.2, 0.25) is 0 Å². The summed E-state index contributed by atoms with van der Waals surface area (Å²) in [4.78, 5) is 11.8. The average molecular weight is 296 g/mol. The van der Waals surface area contributed by atoms with Gasteiger partial charge in [-0.2, -0.15) is 5.10 Å². The first kappa shape index (κ1) is 15.8. The molecule has 0 spiro atoms. The Morgan fingerprint density at radius 3 is 2.18 bits per heavy atom. The normalized spacial score (nSPS) is 11.6. The lowest BCUT2D eigenvalue weighted by molar-refractivity contribution is 0.0955. The van der Waals surface area contributed by atoms with Gasteiger partial charge in [-0.3, -0.25) is 4.79 Å². The van der Waals surface area contributed by atoms with Crippen molar-refractivity contribution in [2.45, 2.75) is 26.2 Å². The first-order valence-electron chi connectivity index (χ1n) is 7.09. The molecular formula is C18H20N2O2. The molecule has 0 aromatic heterocycles. The molecule has 0 bridgehead atoms. The highest BCUT2D eigenvalue weighted by atomic mass is 16.3. The van der Waals surface area contributed by atoms with Crippen molar-refractivity contribution in [2.75, 3.05) is 0 Å². The minimum Gasteiger partial charge on any atom is -0.508 e. The molecule has 0 aliphatic heterocycles. The Morgan fingerprint density at radius 1 is 1.05 bits per heavy atom. The summed E-state index contributed by atoms with van der Waals surface area (Å²) in [6.45, 7) is 6.48. The lowest BCUT2D eigenvalue weighted by Gasteiger charge is -2.18. The van der Waals surface area contributed by atoms with Gasteiger partial charge in [-0.25, -0.2) is 5.43 Å². The van der Waals surface area contributed by atoms with Crippen molar-refractivity contribution in [1.82, 2.24) is 5.43 Å². The molecule has 0 saturated carbocycles. The second kappa shape index (κ2) is 6.43. The smallest absolute Gasteiger partial charge is 0.271 e. The number of carbonyl (C=O) groups excluding carboxylic acids is 1. The topological polar surface area (TPSA) is 61.7 Å². The van der Waals surface area contributed by atoms with Crippen molar-refractivity contribution in [3.05, 3.63) is 65.2 Å². The number of benzene rings is 2. The third-order valence-corrected chi connectivity index (χ3v) is 3.29. The standard InChI is InChI=1S/C18H20N2O2/c1-18(2,3)15-8-4-13(5-9-15)12-19-20-17(22)14-6-10-16(21)11-7-14/h4-12,21H,1-3H3,(H,20,22)/b19-12+. The number of nitrogens with zero attached hydrogens (tertiary/aromatic N) is 1. The van der Waals surface area contributed by atoms with Crippen LogP contribution in [0.4, 0.5) is 0 Å². The highest BCUT2D eigenvalue weighted by Gasteiger charge is 2.12. The maximum absolute atomic E-state index is 11.8. The molecule has 0 saturated heterocycles. The summed E-state index contributed by atoms with van der Waals surface area (Å²) in [5.74, 6) is -0.193. The Kier molecular flexibility index (Phi) is 4.61. The lowest BCUT2D eigenvalue weighted by atomic mass is 9.87. The molecule has 114 valence electrons. The van der Waals surface area contributed by atoms with Gasteiger partial charge >= 0.3 is 0 Å². The molecule has 4 heteroatoms. The number of amides is 1. The summed E-state index contributed by atoms with van der Waals surface area (Å²) in [5, 5.41) is 13.1. The van der Waals surface area contributed by atoms with Crippen LogP contribution in [0.15, 0.2) is 53.6 Å². The molecule has 2 rings (SSSR count). The second-order valence-electron chi connectivity index (χ2n) is 6.12. The molecule has 0 aliphatic rings. The molecule has 0 radical (unpaired) electrons. The molecule has 22 heavy (non-hydrogen) atoms. The van der Waals surface area contributed by atoms with Crippen LogP contribution in [-0.2, 0) is 5.41 Å². The molecule has 2 N–H and O–H groups in total. The third kappa shape index (κ3) is 4.19. The molecule has 4 nitrogen and oxygen atoms in total. The fourth-order valence-electron chi connectivity index (χ4n) is 1.91.